The molecule has 9 heteroatoms. The molecule has 2 fully saturated rings. The first-order valence-corrected chi connectivity index (χ1v) is 8.13. The van der Waals surface area contributed by atoms with Crippen molar-refractivity contribution in [2.24, 2.45) is 0 Å². The average Bonchev–Trinajstić information content (AvgIpc) is 2.96. The summed E-state index contributed by atoms with van der Waals surface area (Å²) in [5.74, 6) is -1.32. The lowest BCUT2D eigenvalue weighted by atomic mass is 10.2. The predicted octanol–water partition coefficient (Wildman–Crippen LogP) is 0.393. The van der Waals surface area contributed by atoms with Crippen LogP contribution in [0.4, 0.5) is 0 Å². The van der Waals surface area contributed by atoms with Crippen LogP contribution in [0.1, 0.15) is 23.3 Å². The van der Waals surface area contributed by atoms with Crippen LogP contribution in [-0.4, -0.2) is 54.1 Å². The van der Waals surface area contributed by atoms with Gasteiger partial charge in [-0.1, -0.05) is 0 Å². The molecular formula is C10H12N2O5S2. The number of thiazole rings is 1. The van der Waals surface area contributed by atoms with Gasteiger partial charge in [0, 0.05) is 13.1 Å². The maximum Gasteiger partial charge on any atom is 0.356 e. The number of aromatic nitrogens is 1. The van der Waals surface area contributed by atoms with Crippen molar-refractivity contribution in [3.05, 3.63) is 11.2 Å². The van der Waals surface area contributed by atoms with Crippen molar-refractivity contribution >= 4 is 27.3 Å². The Morgan fingerprint density at radius 1 is 1.42 bits per heavy atom. The van der Waals surface area contributed by atoms with Crippen LogP contribution in [0.15, 0.2) is 9.72 Å². The number of ether oxygens (including phenoxy) is 1. The number of hydrogen-bond acceptors (Lipinski definition) is 6. The van der Waals surface area contributed by atoms with Gasteiger partial charge in [-0.3, -0.25) is 0 Å². The molecule has 0 aliphatic carbocycles. The summed E-state index contributed by atoms with van der Waals surface area (Å²) in [4.78, 5) is 14.6. The fourth-order valence-electron chi connectivity index (χ4n) is 2.45. The second-order valence-corrected chi connectivity index (χ2v) is 7.56. The number of rotatable bonds is 3. The van der Waals surface area contributed by atoms with Crippen molar-refractivity contribution in [3.63, 3.8) is 0 Å². The summed E-state index contributed by atoms with van der Waals surface area (Å²) in [6.07, 6.45) is 1.56. The molecule has 3 rings (SSSR count). The highest BCUT2D eigenvalue weighted by atomic mass is 32.2. The van der Waals surface area contributed by atoms with Gasteiger partial charge in [-0.05, 0) is 12.8 Å². The molecule has 104 valence electrons. The Morgan fingerprint density at radius 3 is 2.63 bits per heavy atom. The molecule has 2 saturated heterocycles. The van der Waals surface area contributed by atoms with Gasteiger partial charge in [-0.25, -0.2) is 18.2 Å². The van der Waals surface area contributed by atoms with E-state index in [-0.39, 0.29) is 29.5 Å². The number of carboxylic acid groups (broad SMARTS) is 1. The molecule has 3 heterocycles. The third-order valence-electron chi connectivity index (χ3n) is 3.32. The monoisotopic (exact) mass is 304 g/mol. The first-order valence-electron chi connectivity index (χ1n) is 5.81. The highest BCUT2D eigenvalue weighted by Crippen LogP contribution is 2.32. The van der Waals surface area contributed by atoms with Gasteiger partial charge >= 0.3 is 5.97 Å². The number of fused-ring (bicyclic) bond motifs is 2. The van der Waals surface area contributed by atoms with Crippen molar-refractivity contribution in [3.8, 4) is 0 Å². The van der Waals surface area contributed by atoms with Crippen LogP contribution in [0.3, 0.4) is 0 Å². The molecule has 19 heavy (non-hydrogen) atoms. The standard InChI is InChI=1S/C10H12N2O5S2/c13-9(14)8-10(18-5-11-8)19(15,16)12-3-6-1-2-7(4-12)17-6/h5-7H,1-4H2,(H,13,14). The largest absolute Gasteiger partial charge is 0.476 e. The Hall–Kier alpha value is -1.03. The van der Waals surface area contributed by atoms with Gasteiger partial charge in [0.1, 0.15) is 0 Å². The summed E-state index contributed by atoms with van der Waals surface area (Å²) in [7, 11) is -3.79. The first kappa shape index (κ1) is 13.0. The van der Waals surface area contributed by atoms with E-state index in [4.69, 9.17) is 9.84 Å². The Kier molecular flexibility index (Phi) is 3.08. The van der Waals surface area contributed by atoms with E-state index in [0.29, 0.717) is 0 Å². The molecule has 2 aliphatic heterocycles. The zero-order chi connectivity index (χ0) is 13.6. The molecule has 0 spiro atoms. The fraction of sp³-hybridized carbons (Fsp3) is 0.600. The molecule has 0 radical (unpaired) electrons. The molecule has 7 nitrogen and oxygen atoms in total. The van der Waals surface area contributed by atoms with E-state index >= 15 is 0 Å². The first-order chi connectivity index (χ1) is 8.98. The van der Waals surface area contributed by atoms with Crippen molar-refractivity contribution in [1.29, 1.82) is 0 Å². The predicted molar refractivity (Wildman–Crippen MR) is 65.7 cm³/mol. The Labute approximate surface area is 113 Å². The zero-order valence-electron chi connectivity index (χ0n) is 9.85. The van der Waals surface area contributed by atoms with E-state index in [0.717, 1.165) is 24.2 Å². The molecule has 2 atom stereocenters. The summed E-state index contributed by atoms with van der Waals surface area (Å²) in [5, 5.41) is 8.97. The number of carboxylic acids is 1. The minimum atomic E-state index is -3.79. The van der Waals surface area contributed by atoms with E-state index in [1.807, 2.05) is 0 Å². The van der Waals surface area contributed by atoms with E-state index in [1.165, 1.54) is 9.82 Å². The van der Waals surface area contributed by atoms with Crippen LogP contribution in [0.5, 0.6) is 0 Å². The lowest BCUT2D eigenvalue weighted by Crippen LogP contribution is -2.45. The highest BCUT2D eigenvalue weighted by molar-refractivity contribution is 7.91. The van der Waals surface area contributed by atoms with Crippen LogP contribution < -0.4 is 0 Å². The molecule has 2 aliphatic rings. The van der Waals surface area contributed by atoms with Gasteiger partial charge < -0.3 is 9.84 Å². The van der Waals surface area contributed by atoms with Crippen molar-refractivity contribution in [2.45, 2.75) is 29.3 Å². The number of aromatic carboxylic acids is 1. The minimum Gasteiger partial charge on any atom is -0.476 e. The van der Waals surface area contributed by atoms with Gasteiger partial charge in [0.05, 0.1) is 17.7 Å². The van der Waals surface area contributed by atoms with Gasteiger partial charge in [-0.15, -0.1) is 11.3 Å². The Balaban J connectivity index is 1.94. The van der Waals surface area contributed by atoms with E-state index in [1.54, 1.807) is 0 Å². The maximum absolute atomic E-state index is 12.5. The number of carbonyl (C=O) groups is 1. The summed E-state index contributed by atoms with van der Waals surface area (Å²) >= 11 is 0.839. The smallest absolute Gasteiger partial charge is 0.356 e. The second kappa shape index (κ2) is 4.51. The van der Waals surface area contributed by atoms with Crippen molar-refractivity contribution < 1.29 is 23.1 Å². The highest BCUT2D eigenvalue weighted by Gasteiger charge is 2.41. The number of sulfonamides is 1. The lowest BCUT2D eigenvalue weighted by Gasteiger charge is -2.30. The molecule has 0 aromatic carbocycles. The third-order valence-corrected chi connectivity index (χ3v) is 6.50. The van der Waals surface area contributed by atoms with Crippen LogP contribution in [0.2, 0.25) is 0 Å². The summed E-state index contributed by atoms with van der Waals surface area (Å²) < 4.78 is 31.6. The van der Waals surface area contributed by atoms with Gasteiger partial charge in [0.15, 0.2) is 9.90 Å². The van der Waals surface area contributed by atoms with E-state index in [2.05, 4.69) is 4.98 Å². The van der Waals surface area contributed by atoms with E-state index < -0.39 is 21.7 Å². The number of hydrogen-bond donors (Lipinski definition) is 1. The lowest BCUT2D eigenvalue weighted by molar-refractivity contribution is -0.0114. The Bertz CT molecular complexity index is 599. The molecule has 1 N–H and O–H groups in total. The maximum atomic E-state index is 12.5. The zero-order valence-corrected chi connectivity index (χ0v) is 11.5. The Morgan fingerprint density at radius 2 is 2.05 bits per heavy atom. The molecule has 2 unspecified atom stereocenters. The molecule has 1 aromatic rings. The topological polar surface area (TPSA) is 96.8 Å². The third kappa shape index (κ3) is 2.16. The second-order valence-electron chi connectivity index (χ2n) is 4.57. The quantitative estimate of drug-likeness (QED) is 0.868. The van der Waals surface area contributed by atoms with Crippen molar-refractivity contribution in [2.75, 3.05) is 13.1 Å². The number of nitrogens with zero attached hydrogens (tertiary/aromatic N) is 2. The molecule has 0 amide bonds. The normalized spacial score (nSPS) is 27.6. The van der Waals surface area contributed by atoms with Gasteiger partial charge in [-0.2, -0.15) is 4.31 Å². The van der Waals surface area contributed by atoms with E-state index in [9.17, 15) is 13.2 Å². The molecular weight excluding hydrogens is 292 g/mol. The van der Waals surface area contributed by atoms with Crippen molar-refractivity contribution in [1.82, 2.24) is 9.29 Å². The summed E-state index contributed by atoms with van der Waals surface area (Å²) in [6, 6.07) is 0. The minimum absolute atomic E-state index is 0.0743. The summed E-state index contributed by atoms with van der Waals surface area (Å²) in [5.41, 5.74) is 0.842. The fourth-order valence-corrected chi connectivity index (χ4v) is 5.23. The average molecular weight is 304 g/mol. The van der Waals surface area contributed by atoms with Crippen LogP contribution in [0.25, 0.3) is 0 Å². The molecule has 0 saturated carbocycles. The molecule has 1 aromatic heterocycles. The van der Waals surface area contributed by atoms with Crippen LogP contribution in [-0.2, 0) is 14.8 Å². The molecule has 2 bridgehead atoms. The number of morpholine rings is 1. The summed E-state index contributed by atoms with van der Waals surface area (Å²) in [6.45, 7) is 0.575. The van der Waals surface area contributed by atoms with Crippen LogP contribution in [0, 0.1) is 0 Å². The SMILES string of the molecule is O=C(O)c1ncsc1S(=O)(=O)N1CC2CCC(C1)O2. The van der Waals surface area contributed by atoms with Gasteiger partial charge in [0.2, 0.25) is 0 Å². The van der Waals surface area contributed by atoms with Gasteiger partial charge in [0.25, 0.3) is 10.0 Å². The van der Waals surface area contributed by atoms with Crippen LogP contribution >= 0.6 is 11.3 Å².